The number of furan rings is 1. The summed E-state index contributed by atoms with van der Waals surface area (Å²) in [6.45, 7) is 5.20. The normalized spacial score (nSPS) is 20.5. The Morgan fingerprint density at radius 2 is 1.79 bits per heavy atom. The molecule has 2 aliphatic rings. The molecule has 2 aromatic rings. The van der Waals surface area contributed by atoms with Gasteiger partial charge < -0.3 is 14.6 Å². The molecule has 178 valence electrons. The number of nitrogens with one attached hydrogen (secondary N) is 1. The molecule has 0 bridgehead atoms. The zero-order chi connectivity index (χ0) is 23.6. The van der Waals surface area contributed by atoms with E-state index in [0.29, 0.717) is 43.8 Å². The molecule has 0 radical (unpaired) electrons. The zero-order valence-electron chi connectivity index (χ0n) is 19.1. The Morgan fingerprint density at radius 3 is 2.45 bits per heavy atom. The highest BCUT2D eigenvalue weighted by atomic mass is 32.2. The number of carbonyl (C=O) groups is 2. The van der Waals surface area contributed by atoms with Crippen LogP contribution < -0.4 is 5.32 Å². The monoisotopic (exact) mass is 473 g/mol. The predicted octanol–water partition coefficient (Wildman–Crippen LogP) is 3.19. The van der Waals surface area contributed by atoms with E-state index in [-0.39, 0.29) is 34.6 Å². The Hall–Kier alpha value is -2.65. The van der Waals surface area contributed by atoms with Gasteiger partial charge in [-0.1, -0.05) is 12.5 Å². The van der Waals surface area contributed by atoms with Crippen molar-refractivity contribution in [2.24, 2.45) is 0 Å². The summed E-state index contributed by atoms with van der Waals surface area (Å²) < 4.78 is 33.2. The van der Waals surface area contributed by atoms with Gasteiger partial charge in [0.15, 0.2) is 5.76 Å². The maximum absolute atomic E-state index is 13.2. The van der Waals surface area contributed by atoms with Crippen LogP contribution in [-0.4, -0.2) is 61.2 Å². The number of sulfonamides is 1. The SMILES string of the molecule is Cc1ccc(C(=O)NC2CCN(C(=O)c3cccc(S(=O)(=O)N4CCCCC4C)c3)CC2)o1. The van der Waals surface area contributed by atoms with Gasteiger partial charge in [0.25, 0.3) is 11.8 Å². The summed E-state index contributed by atoms with van der Waals surface area (Å²) in [6.07, 6.45) is 3.99. The number of benzene rings is 1. The molecule has 33 heavy (non-hydrogen) atoms. The first kappa shape index (κ1) is 23.5. The van der Waals surface area contributed by atoms with Crippen molar-refractivity contribution in [1.29, 1.82) is 0 Å². The molecule has 1 aromatic carbocycles. The second kappa shape index (κ2) is 9.69. The molecule has 2 saturated heterocycles. The molecule has 0 aliphatic carbocycles. The number of hydrogen-bond acceptors (Lipinski definition) is 5. The lowest BCUT2D eigenvalue weighted by molar-refractivity contribution is 0.0695. The van der Waals surface area contributed by atoms with Crippen LogP contribution in [0.4, 0.5) is 0 Å². The van der Waals surface area contributed by atoms with Gasteiger partial charge in [0, 0.05) is 37.3 Å². The van der Waals surface area contributed by atoms with Gasteiger partial charge in [-0.2, -0.15) is 4.31 Å². The van der Waals surface area contributed by atoms with Crippen LogP contribution in [0.5, 0.6) is 0 Å². The third-order valence-electron chi connectivity index (χ3n) is 6.51. The molecule has 1 atom stereocenters. The van der Waals surface area contributed by atoms with E-state index >= 15 is 0 Å². The van der Waals surface area contributed by atoms with Crippen LogP contribution in [0, 0.1) is 6.92 Å². The topological polar surface area (TPSA) is 99.9 Å². The van der Waals surface area contributed by atoms with Gasteiger partial charge in [-0.25, -0.2) is 8.42 Å². The zero-order valence-corrected chi connectivity index (χ0v) is 19.9. The van der Waals surface area contributed by atoms with Crippen LogP contribution in [0.3, 0.4) is 0 Å². The van der Waals surface area contributed by atoms with Crippen LogP contribution in [0.15, 0.2) is 45.7 Å². The molecule has 3 heterocycles. The van der Waals surface area contributed by atoms with Crippen LogP contribution in [0.25, 0.3) is 0 Å². The lowest BCUT2D eigenvalue weighted by atomic mass is 10.0. The van der Waals surface area contributed by atoms with Crippen LogP contribution in [0.2, 0.25) is 0 Å². The molecule has 9 heteroatoms. The van der Waals surface area contributed by atoms with Crippen molar-refractivity contribution in [2.75, 3.05) is 19.6 Å². The van der Waals surface area contributed by atoms with E-state index in [1.165, 1.54) is 6.07 Å². The molecular formula is C24H31N3O5S. The fourth-order valence-corrected chi connectivity index (χ4v) is 6.32. The highest BCUT2D eigenvalue weighted by molar-refractivity contribution is 7.89. The molecule has 1 aromatic heterocycles. The highest BCUT2D eigenvalue weighted by Crippen LogP contribution is 2.26. The lowest BCUT2D eigenvalue weighted by Gasteiger charge is -2.33. The summed E-state index contributed by atoms with van der Waals surface area (Å²) in [7, 11) is -3.64. The van der Waals surface area contributed by atoms with Gasteiger partial charge in [0.1, 0.15) is 5.76 Å². The lowest BCUT2D eigenvalue weighted by Crippen LogP contribution is -2.46. The summed E-state index contributed by atoms with van der Waals surface area (Å²) >= 11 is 0. The molecule has 0 saturated carbocycles. The minimum Gasteiger partial charge on any atom is -0.456 e. The maximum atomic E-state index is 13.2. The van der Waals surface area contributed by atoms with Gasteiger partial charge in [0.2, 0.25) is 10.0 Å². The fourth-order valence-electron chi connectivity index (χ4n) is 4.58. The van der Waals surface area contributed by atoms with Gasteiger partial charge >= 0.3 is 0 Å². The molecule has 2 fully saturated rings. The van der Waals surface area contributed by atoms with Crippen molar-refractivity contribution >= 4 is 21.8 Å². The number of aryl methyl sites for hydroxylation is 1. The first-order chi connectivity index (χ1) is 15.8. The van der Waals surface area contributed by atoms with Crippen molar-refractivity contribution < 1.29 is 22.4 Å². The fraction of sp³-hybridized carbons (Fsp3) is 0.500. The number of amides is 2. The van der Waals surface area contributed by atoms with Crippen molar-refractivity contribution in [2.45, 2.75) is 62.9 Å². The van der Waals surface area contributed by atoms with Gasteiger partial charge in [0.05, 0.1) is 4.90 Å². The average Bonchev–Trinajstić information content (AvgIpc) is 3.26. The Bertz CT molecular complexity index is 1120. The number of nitrogens with zero attached hydrogens (tertiary/aromatic N) is 2. The van der Waals surface area contributed by atoms with Crippen molar-refractivity contribution in [3.63, 3.8) is 0 Å². The highest BCUT2D eigenvalue weighted by Gasteiger charge is 2.32. The van der Waals surface area contributed by atoms with Crippen LogP contribution >= 0.6 is 0 Å². The molecular weight excluding hydrogens is 442 g/mol. The average molecular weight is 474 g/mol. The molecule has 1 N–H and O–H groups in total. The largest absolute Gasteiger partial charge is 0.456 e. The van der Waals surface area contributed by atoms with Crippen LogP contribution in [-0.2, 0) is 10.0 Å². The second-order valence-electron chi connectivity index (χ2n) is 8.94. The summed E-state index contributed by atoms with van der Waals surface area (Å²) in [5, 5.41) is 2.96. The summed E-state index contributed by atoms with van der Waals surface area (Å²) in [6, 6.07) is 9.66. The summed E-state index contributed by atoms with van der Waals surface area (Å²) in [5.74, 6) is 0.523. The van der Waals surface area contributed by atoms with E-state index in [1.54, 1.807) is 46.5 Å². The molecule has 2 amide bonds. The van der Waals surface area contributed by atoms with Gasteiger partial charge in [-0.15, -0.1) is 0 Å². The van der Waals surface area contributed by atoms with Crippen molar-refractivity contribution in [1.82, 2.24) is 14.5 Å². The summed E-state index contributed by atoms with van der Waals surface area (Å²) in [4.78, 5) is 27.3. The maximum Gasteiger partial charge on any atom is 0.287 e. The summed E-state index contributed by atoms with van der Waals surface area (Å²) in [5.41, 5.74) is 0.370. The van der Waals surface area contributed by atoms with Crippen molar-refractivity contribution in [3.8, 4) is 0 Å². The number of piperidine rings is 2. The van der Waals surface area contributed by atoms with Gasteiger partial charge in [-0.05, 0) is 69.9 Å². The first-order valence-corrected chi connectivity index (χ1v) is 13.0. The van der Waals surface area contributed by atoms with E-state index in [9.17, 15) is 18.0 Å². The Morgan fingerprint density at radius 1 is 1.03 bits per heavy atom. The standard InChI is InChI=1S/C24H31N3O5S/c1-17-6-3-4-13-27(17)33(30,31)21-8-5-7-19(16-21)24(29)26-14-11-20(12-15-26)25-23(28)22-10-9-18(2)32-22/h5,7-10,16-17,20H,3-4,6,11-15H2,1-2H3,(H,25,28). The minimum atomic E-state index is -3.64. The van der Waals surface area contributed by atoms with E-state index < -0.39 is 10.0 Å². The van der Waals surface area contributed by atoms with E-state index in [1.807, 2.05) is 6.92 Å². The third-order valence-corrected chi connectivity index (χ3v) is 8.52. The smallest absolute Gasteiger partial charge is 0.287 e. The quantitative estimate of drug-likeness (QED) is 0.719. The molecule has 0 spiro atoms. The molecule has 2 aliphatic heterocycles. The predicted molar refractivity (Wildman–Crippen MR) is 123 cm³/mol. The molecule has 1 unspecified atom stereocenters. The second-order valence-corrected chi connectivity index (χ2v) is 10.8. The Labute approximate surface area is 195 Å². The van der Waals surface area contributed by atoms with Crippen LogP contribution in [0.1, 0.15) is 65.7 Å². The van der Waals surface area contributed by atoms with E-state index in [0.717, 1.165) is 19.3 Å². The Kier molecular flexibility index (Phi) is 6.90. The molecule has 4 rings (SSSR count). The Balaban J connectivity index is 1.38. The van der Waals surface area contributed by atoms with Crippen molar-refractivity contribution in [3.05, 3.63) is 53.5 Å². The third kappa shape index (κ3) is 5.14. The van der Waals surface area contributed by atoms with E-state index in [4.69, 9.17) is 4.42 Å². The number of carbonyl (C=O) groups excluding carboxylic acids is 2. The first-order valence-electron chi connectivity index (χ1n) is 11.5. The molecule has 8 nitrogen and oxygen atoms in total. The number of hydrogen-bond donors (Lipinski definition) is 1. The minimum absolute atomic E-state index is 0.0394. The number of likely N-dealkylation sites (tertiary alicyclic amines) is 1. The number of rotatable bonds is 5. The van der Waals surface area contributed by atoms with E-state index in [2.05, 4.69) is 5.32 Å². The van der Waals surface area contributed by atoms with Gasteiger partial charge in [-0.3, -0.25) is 9.59 Å².